The molecule has 1 aliphatic rings. The number of nitrogens with two attached hydrogens (primary N) is 1. The predicted octanol–water partition coefficient (Wildman–Crippen LogP) is 2.35. The molecule has 3 N–H and O–H groups in total. The van der Waals surface area contributed by atoms with E-state index in [0.29, 0.717) is 12.1 Å². The van der Waals surface area contributed by atoms with E-state index in [2.05, 4.69) is 39.2 Å². The number of pyridine rings is 1. The third kappa shape index (κ3) is 3.36. The van der Waals surface area contributed by atoms with E-state index in [9.17, 15) is 0 Å². The van der Waals surface area contributed by atoms with Gasteiger partial charge in [-0.25, -0.2) is 0 Å². The van der Waals surface area contributed by atoms with Gasteiger partial charge in [0.15, 0.2) is 5.01 Å². The first-order valence-corrected chi connectivity index (χ1v) is 8.50. The van der Waals surface area contributed by atoms with Gasteiger partial charge in [0.1, 0.15) is 0 Å². The molecule has 0 aliphatic carbocycles. The second kappa shape index (κ2) is 6.58. The predicted molar refractivity (Wildman–Crippen MR) is 91.3 cm³/mol. The molecular weight excluding hydrogens is 296 g/mol. The minimum atomic E-state index is 0.323. The van der Waals surface area contributed by atoms with Gasteiger partial charge in [0.25, 0.3) is 0 Å². The smallest absolute Gasteiger partial charge is 0.208 e. The SMILES string of the molecule is CC(C)Nc1ccncc1-c1nnc(N2CCC(N)CC2)s1. The minimum Gasteiger partial charge on any atom is -0.382 e. The summed E-state index contributed by atoms with van der Waals surface area (Å²) in [6.07, 6.45) is 5.67. The maximum absolute atomic E-state index is 5.96. The van der Waals surface area contributed by atoms with Gasteiger partial charge in [-0.05, 0) is 32.8 Å². The summed E-state index contributed by atoms with van der Waals surface area (Å²) < 4.78 is 0. The van der Waals surface area contributed by atoms with E-state index in [1.807, 2.05) is 12.3 Å². The molecule has 0 aromatic carbocycles. The fraction of sp³-hybridized carbons (Fsp3) is 0.533. The normalized spacial score (nSPS) is 16.3. The van der Waals surface area contributed by atoms with Crippen LogP contribution in [0.5, 0.6) is 0 Å². The van der Waals surface area contributed by atoms with Gasteiger partial charge in [-0.3, -0.25) is 4.98 Å². The molecule has 0 bridgehead atoms. The van der Waals surface area contributed by atoms with Crippen molar-refractivity contribution in [3.8, 4) is 10.6 Å². The Balaban J connectivity index is 1.82. The average Bonchev–Trinajstić information content (AvgIpc) is 2.97. The number of aromatic nitrogens is 3. The number of hydrogen-bond donors (Lipinski definition) is 2. The Morgan fingerprint density at radius 3 is 2.82 bits per heavy atom. The maximum Gasteiger partial charge on any atom is 0.208 e. The van der Waals surface area contributed by atoms with Crippen molar-refractivity contribution in [2.75, 3.05) is 23.3 Å². The summed E-state index contributed by atoms with van der Waals surface area (Å²) in [5.74, 6) is 0. The molecule has 118 valence electrons. The first kappa shape index (κ1) is 15.2. The standard InChI is InChI=1S/C15H22N6S/c1-10(2)18-13-3-6-17-9-12(13)14-19-20-15(22-14)21-7-4-11(16)5-8-21/h3,6,9-11H,4-5,7-8,16H2,1-2H3,(H,17,18). The van der Waals surface area contributed by atoms with Crippen LogP contribution in [0.3, 0.4) is 0 Å². The van der Waals surface area contributed by atoms with E-state index in [-0.39, 0.29) is 0 Å². The molecule has 0 saturated carbocycles. The average molecular weight is 318 g/mol. The quantitative estimate of drug-likeness (QED) is 0.901. The van der Waals surface area contributed by atoms with E-state index >= 15 is 0 Å². The van der Waals surface area contributed by atoms with Crippen LogP contribution >= 0.6 is 11.3 Å². The van der Waals surface area contributed by atoms with Crippen LogP contribution < -0.4 is 16.0 Å². The van der Waals surface area contributed by atoms with Crippen LogP contribution in [0.25, 0.3) is 10.6 Å². The molecule has 3 heterocycles. The van der Waals surface area contributed by atoms with Crippen LogP contribution in [0.4, 0.5) is 10.8 Å². The molecule has 22 heavy (non-hydrogen) atoms. The Hall–Kier alpha value is -1.73. The Kier molecular flexibility index (Phi) is 4.54. The summed E-state index contributed by atoms with van der Waals surface area (Å²) in [6.45, 7) is 6.15. The molecule has 0 unspecified atom stereocenters. The van der Waals surface area contributed by atoms with Crippen molar-refractivity contribution < 1.29 is 0 Å². The molecule has 2 aromatic rings. The van der Waals surface area contributed by atoms with E-state index in [1.54, 1.807) is 17.5 Å². The highest BCUT2D eigenvalue weighted by Crippen LogP contribution is 2.33. The van der Waals surface area contributed by atoms with Gasteiger partial charge >= 0.3 is 0 Å². The van der Waals surface area contributed by atoms with Crippen molar-refractivity contribution in [2.45, 2.75) is 38.8 Å². The number of hydrogen-bond acceptors (Lipinski definition) is 7. The van der Waals surface area contributed by atoms with Crippen molar-refractivity contribution in [3.05, 3.63) is 18.5 Å². The lowest BCUT2D eigenvalue weighted by molar-refractivity contribution is 0.500. The summed E-state index contributed by atoms with van der Waals surface area (Å²) in [6, 6.07) is 2.66. The van der Waals surface area contributed by atoms with Crippen molar-refractivity contribution in [3.63, 3.8) is 0 Å². The van der Waals surface area contributed by atoms with Crippen LogP contribution in [0, 0.1) is 0 Å². The van der Waals surface area contributed by atoms with Crippen LogP contribution in [-0.4, -0.2) is 40.4 Å². The monoisotopic (exact) mass is 318 g/mol. The largest absolute Gasteiger partial charge is 0.382 e. The lowest BCUT2D eigenvalue weighted by Gasteiger charge is -2.29. The molecule has 1 fully saturated rings. The number of nitrogens with zero attached hydrogens (tertiary/aromatic N) is 4. The molecule has 6 nitrogen and oxygen atoms in total. The van der Waals surface area contributed by atoms with Gasteiger partial charge in [-0.2, -0.15) is 0 Å². The molecule has 0 atom stereocenters. The highest BCUT2D eigenvalue weighted by Gasteiger charge is 2.20. The second-order valence-electron chi connectivity index (χ2n) is 5.93. The van der Waals surface area contributed by atoms with Crippen LogP contribution in [0.1, 0.15) is 26.7 Å². The second-order valence-corrected chi connectivity index (χ2v) is 6.89. The summed E-state index contributed by atoms with van der Waals surface area (Å²) in [5.41, 5.74) is 8.02. The van der Waals surface area contributed by atoms with Crippen molar-refractivity contribution >= 4 is 22.2 Å². The topological polar surface area (TPSA) is 80.0 Å². The van der Waals surface area contributed by atoms with Crippen LogP contribution in [0.2, 0.25) is 0 Å². The zero-order valence-electron chi connectivity index (χ0n) is 13.0. The zero-order chi connectivity index (χ0) is 15.5. The van der Waals surface area contributed by atoms with Gasteiger partial charge < -0.3 is 16.0 Å². The van der Waals surface area contributed by atoms with Crippen molar-refractivity contribution in [2.24, 2.45) is 5.73 Å². The molecule has 2 aromatic heterocycles. The lowest BCUT2D eigenvalue weighted by Crippen LogP contribution is -2.39. The molecule has 0 amide bonds. The van der Waals surface area contributed by atoms with E-state index < -0.39 is 0 Å². The number of anilines is 2. The molecule has 1 saturated heterocycles. The Morgan fingerprint density at radius 2 is 2.09 bits per heavy atom. The van der Waals surface area contributed by atoms with Crippen LogP contribution in [0.15, 0.2) is 18.5 Å². The van der Waals surface area contributed by atoms with Gasteiger partial charge in [0.2, 0.25) is 5.13 Å². The number of nitrogens with one attached hydrogen (secondary N) is 1. The Bertz CT molecular complexity index is 618. The highest BCUT2D eigenvalue weighted by molar-refractivity contribution is 7.18. The summed E-state index contributed by atoms with van der Waals surface area (Å²) in [7, 11) is 0. The van der Waals surface area contributed by atoms with Crippen molar-refractivity contribution in [1.29, 1.82) is 0 Å². The molecule has 3 rings (SSSR count). The lowest BCUT2D eigenvalue weighted by atomic mass is 10.1. The fourth-order valence-corrected chi connectivity index (χ4v) is 3.47. The summed E-state index contributed by atoms with van der Waals surface area (Å²) >= 11 is 1.62. The van der Waals surface area contributed by atoms with Gasteiger partial charge in [-0.1, -0.05) is 11.3 Å². The third-order valence-corrected chi connectivity index (χ3v) is 4.74. The van der Waals surface area contributed by atoms with Crippen LogP contribution in [-0.2, 0) is 0 Å². The highest BCUT2D eigenvalue weighted by atomic mass is 32.1. The van der Waals surface area contributed by atoms with Gasteiger partial charge in [0.05, 0.1) is 5.56 Å². The van der Waals surface area contributed by atoms with E-state index in [4.69, 9.17) is 5.73 Å². The number of rotatable bonds is 4. The van der Waals surface area contributed by atoms with E-state index in [0.717, 1.165) is 47.3 Å². The molecule has 0 radical (unpaired) electrons. The summed E-state index contributed by atoms with van der Waals surface area (Å²) in [4.78, 5) is 6.50. The van der Waals surface area contributed by atoms with Gasteiger partial charge in [0, 0.05) is 43.3 Å². The molecule has 7 heteroatoms. The summed E-state index contributed by atoms with van der Waals surface area (Å²) in [5, 5.41) is 14.0. The minimum absolute atomic E-state index is 0.323. The molecular formula is C15H22N6S. The van der Waals surface area contributed by atoms with E-state index in [1.165, 1.54) is 0 Å². The molecule has 0 spiro atoms. The zero-order valence-corrected chi connectivity index (χ0v) is 13.8. The fourth-order valence-electron chi connectivity index (χ4n) is 2.54. The first-order valence-electron chi connectivity index (χ1n) is 7.68. The third-order valence-electron chi connectivity index (χ3n) is 3.72. The van der Waals surface area contributed by atoms with Crippen molar-refractivity contribution in [1.82, 2.24) is 15.2 Å². The Morgan fingerprint density at radius 1 is 1.32 bits per heavy atom. The van der Waals surface area contributed by atoms with Gasteiger partial charge in [-0.15, -0.1) is 10.2 Å². The number of piperidine rings is 1. The molecule has 1 aliphatic heterocycles. The Labute approximate surface area is 134 Å². The maximum atomic E-state index is 5.96. The first-order chi connectivity index (χ1) is 10.6.